The maximum absolute atomic E-state index is 12.4. The molecule has 0 radical (unpaired) electrons. The molecule has 2 rings (SSSR count). The number of aliphatic hydroxyl groups is 1. The molecule has 0 bridgehead atoms. The molecule has 2 atom stereocenters. The van der Waals surface area contributed by atoms with E-state index in [0.29, 0.717) is 32.5 Å². The molecule has 3 amide bonds. The van der Waals surface area contributed by atoms with Crippen LogP contribution >= 0.6 is 0 Å². The summed E-state index contributed by atoms with van der Waals surface area (Å²) in [6, 6.07) is 6.72. The van der Waals surface area contributed by atoms with Gasteiger partial charge in [0.05, 0.1) is 17.2 Å². The van der Waals surface area contributed by atoms with Gasteiger partial charge in [0, 0.05) is 13.1 Å². The Balaban J connectivity index is 1.64. The van der Waals surface area contributed by atoms with Crippen molar-refractivity contribution in [1.29, 1.82) is 0 Å². The lowest BCUT2D eigenvalue weighted by Crippen LogP contribution is -2.52. The Morgan fingerprint density at radius 3 is 1.78 bits per heavy atom. The molecule has 36 heavy (non-hydrogen) atoms. The SMILES string of the molecule is C[C@@H](O)[C@H](NC(=O)c1cccc(O)c1O)C(=O)NCCCNCCCNC(=O)c1cccc(O)c1O. The van der Waals surface area contributed by atoms with Crippen LogP contribution in [0.5, 0.6) is 23.0 Å². The Morgan fingerprint density at radius 1 is 0.750 bits per heavy atom. The fourth-order valence-electron chi connectivity index (χ4n) is 3.22. The number of phenolic OH excluding ortho intramolecular Hbond substituents is 4. The molecule has 0 saturated carbocycles. The van der Waals surface area contributed by atoms with Crippen LogP contribution < -0.4 is 21.3 Å². The first kappa shape index (κ1) is 28.2. The minimum Gasteiger partial charge on any atom is -0.504 e. The van der Waals surface area contributed by atoms with Crippen LogP contribution in [0.25, 0.3) is 0 Å². The highest BCUT2D eigenvalue weighted by molar-refractivity contribution is 6.00. The Labute approximate surface area is 208 Å². The number of carbonyl (C=O) groups is 3. The number of aromatic hydroxyl groups is 4. The summed E-state index contributed by atoms with van der Waals surface area (Å²) >= 11 is 0. The third-order valence-corrected chi connectivity index (χ3v) is 5.22. The van der Waals surface area contributed by atoms with Gasteiger partial charge >= 0.3 is 0 Å². The summed E-state index contributed by atoms with van der Waals surface area (Å²) in [5.74, 6) is -3.85. The van der Waals surface area contributed by atoms with Crippen molar-refractivity contribution in [3.05, 3.63) is 47.5 Å². The summed E-state index contributed by atoms with van der Waals surface area (Å²) in [5, 5.41) is 59.2. The maximum atomic E-state index is 12.4. The fraction of sp³-hybridized carbons (Fsp3) is 0.375. The molecule has 0 aromatic heterocycles. The van der Waals surface area contributed by atoms with E-state index in [-0.39, 0.29) is 23.4 Å². The van der Waals surface area contributed by atoms with Crippen molar-refractivity contribution < 1.29 is 39.9 Å². The van der Waals surface area contributed by atoms with Crippen LogP contribution in [0.3, 0.4) is 0 Å². The standard InChI is InChI=1S/C24H32N4O8/c1-14(29)19(28-23(35)16-7-3-9-18(31)21(16)33)24(36)27-13-5-11-25-10-4-12-26-22(34)15-6-2-8-17(30)20(15)32/h2-3,6-9,14,19,25,29-33H,4-5,10-13H2,1H3,(H,26,34)(H,27,36)(H,28,35)/t14-,19+/m1/s1. The monoisotopic (exact) mass is 504 g/mol. The lowest BCUT2D eigenvalue weighted by atomic mass is 10.1. The van der Waals surface area contributed by atoms with E-state index in [1.807, 2.05) is 0 Å². The lowest BCUT2D eigenvalue weighted by molar-refractivity contribution is -0.125. The average molecular weight is 505 g/mol. The number of carbonyl (C=O) groups excluding carboxylic acids is 3. The molecule has 12 heteroatoms. The molecule has 196 valence electrons. The van der Waals surface area contributed by atoms with E-state index in [1.165, 1.54) is 43.3 Å². The van der Waals surface area contributed by atoms with Crippen molar-refractivity contribution in [2.45, 2.75) is 31.9 Å². The number of aliphatic hydroxyl groups excluding tert-OH is 1. The quantitative estimate of drug-likeness (QED) is 0.132. The van der Waals surface area contributed by atoms with Crippen molar-refractivity contribution in [2.75, 3.05) is 26.2 Å². The summed E-state index contributed by atoms with van der Waals surface area (Å²) in [5.41, 5.74) is -0.239. The molecular formula is C24H32N4O8. The van der Waals surface area contributed by atoms with Gasteiger partial charge in [0.1, 0.15) is 6.04 Å². The van der Waals surface area contributed by atoms with Crippen molar-refractivity contribution in [3.8, 4) is 23.0 Å². The molecule has 0 spiro atoms. The molecule has 0 aliphatic carbocycles. The van der Waals surface area contributed by atoms with Crippen molar-refractivity contribution in [1.82, 2.24) is 21.3 Å². The highest BCUT2D eigenvalue weighted by atomic mass is 16.3. The van der Waals surface area contributed by atoms with Gasteiger partial charge < -0.3 is 46.8 Å². The normalized spacial score (nSPS) is 12.4. The van der Waals surface area contributed by atoms with Crippen LogP contribution in [-0.4, -0.2) is 81.6 Å². The van der Waals surface area contributed by atoms with Crippen LogP contribution in [-0.2, 0) is 4.79 Å². The molecule has 0 aliphatic heterocycles. The minimum atomic E-state index is -1.26. The minimum absolute atomic E-state index is 0.0101. The number of hydrogen-bond acceptors (Lipinski definition) is 9. The molecule has 12 nitrogen and oxygen atoms in total. The predicted octanol–water partition coefficient (Wildman–Crippen LogP) is -0.0958. The summed E-state index contributed by atoms with van der Waals surface area (Å²) < 4.78 is 0. The Bertz CT molecular complexity index is 1060. The fourth-order valence-corrected chi connectivity index (χ4v) is 3.22. The van der Waals surface area contributed by atoms with Gasteiger partial charge in [0.25, 0.3) is 11.8 Å². The van der Waals surface area contributed by atoms with Crippen LogP contribution in [0.15, 0.2) is 36.4 Å². The zero-order chi connectivity index (χ0) is 26.7. The first-order valence-electron chi connectivity index (χ1n) is 11.4. The zero-order valence-corrected chi connectivity index (χ0v) is 19.8. The number of hydrogen-bond donors (Lipinski definition) is 9. The van der Waals surface area contributed by atoms with Gasteiger partial charge in [0.15, 0.2) is 23.0 Å². The second-order valence-corrected chi connectivity index (χ2v) is 8.04. The van der Waals surface area contributed by atoms with Gasteiger partial charge in [-0.05, 0) is 57.1 Å². The lowest BCUT2D eigenvalue weighted by Gasteiger charge is -2.21. The second-order valence-electron chi connectivity index (χ2n) is 8.04. The second kappa shape index (κ2) is 13.8. The number of nitrogens with one attached hydrogen (secondary N) is 4. The van der Waals surface area contributed by atoms with Gasteiger partial charge in [-0.2, -0.15) is 0 Å². The van der Waals surface area contributed by atoms with Gasteiger partial charge in [-0.1, -0.05) is 12.1 Å². The first-order chi connectivity index (χ1) is 17.1. The summed E-state index contributed by atoms with van der Waals surface area (Å²) in [6.45, 7) is 3.11. The summed E-state index contributed by atoms with van der Waals surface area (Å²) in [7, 11) is 0. The maximum Gasteiger partial charge on any atom is 0.255 e. The van der Waals surface area contributed by atoms with Crippen LogP contribution in [0.2, 0.25) is 0 Å². The van der Waals surface area contributed by atoms with Crippen LogP contribution in [0.4, 0.5) is 0 Å². The zero-order valence-electron chi connectivity index (χ0n) is 19.8. The number of benzene rings is 2. The summed E-state index contributed by atoms with van der Waals surface area (Å²) in [4.78, 5) is 36.8. The van der Waals surface area contributed by atoms with Crippen LogP contribution in [0, 0.1) is 0 Å². The van der Waals surface area contributed by atoms with Gasteiger partial charge in [-0.15, -0.1) is 0 Å². The van der Waals surface area contributed by atoms with E-state index in [0.717, 1.165) is 0 Å². The van der Waals surface area contributed by atoms with Gasteiger partial charge in [-0.3, -0.25) is 14.4 Å². The highest BCUT2D eigenvalue weighted by Gasteiger charge is 2.27. The summed E-state index contributed by atoms with van der Waals surface area (Å²) in [6.07, 6.45) is -0.0396. The van der Waals surface area contributed by atoms with E-state index in [4.69, 9.17) is 0 Å². The number of rotatable bonds is 13. The molecule has 0 heterocycles. The third kappa shape index (κ3) is 8.03. The van der Waals surface area contributed by atoms with Crippen molar-refractivity contribution in [2.24, 2.45) is 0 Å². The number of phenols is 4. The largest absolute Gasteiger partial charge is 0.504 e. The first-order valence-corrected chi connectivity index (χ1v) is 11.4. The Morgan fingerprint density at radius 2 is 1.25 bits per heavy atom. The molecule has 0 aliphatic rings. The third-order valence-electron chi connectivity index (χ3n) is 5.22. The van der Waals surface area contributed by atoms with Crippen LogP contribution in [0.1, 0.15) is 40.5 Å². The number of amides is 3. The molecule has 0 unspecified atom stereocenters. The number of para-hydroxylation sites is 2. The Hall–Kier alpha value is -4.03. The average Bonchev–Trinajstić information content (AvgIpc) is 2.84. The van der Waals surface area contributed by atoms with E-state index < -0.39 is 47.1 Å². The van der Waals surface area contributed by atoms with E-state index in [1.54, 1.807) is 0 Å². The predicted molar refractivity (Wildman–Crippen MR) is 130 cm³/mol. The van der Waals surface area contributed by atoms with Gasteiger partial charge in [-0.25, -0.2) is 0 Å². The molecule has 9 N–H and O–H groups in total. The smallest absolute Gasteiger partial charge is 0.255 e. The van der Waals surface area contributed by atoms with E-state index >= 15 is 0 Å². The molecular weight excluding hydrogens is 472 g/mol. The van der Waals surface area contributed by atoms with E-state index in [9.17, 15) is 39.9 Å². The van der Waals surface area contributed by atoms with Crippen molar-refractivity contribution >= 4 is 17.7 Å². The van der Waals surface area contributed by atoms with Gasteiger partial charge in [0.2, 0.25) is 5.91 Å². The Kier molecular flexibility index (Phi) is 10.8. The topological polar surface area (TPSA) is 200 Å². The van der Waals surface area contributed by atoms with Crippen molar-refractivity contribution in [3.63, 3.8) is 0 Å². The molecule has 0 fully saturated rings. The molecule has 0 saturated heterocycles. The van der Waals surface area contributed by atoms with E-state index in [2.05, 4.69) is 21.3 Å². The molecule has 2 aromatic carbocycles. The molecule has 2 aromatic rings. The highest BCUT2D eigenvalue weighted by Crippen LogP contribution is 2.28.